The summed E-state index contributed by atoms with van der Waals surface area (Å²) in [7, 11) is 0. The van der Waals surface area contributed by atoms with Gasteiger partial charge in [0.25, 0.3) is 0 Å². The minimum absolute atomic E-state index is 0.0426. The maximum atomic E-state index is 13.8. The number of nitro groups is 1. The number of nitrogens with zero attached hydrogens (tertiary/aromatic N) is 3. The molecule has 3 rings (SSSR count). The first-order chi connectivity index (χ1) is 12.5. The first-order valence-electron chi connectivity index (χ1n) is 7.18. The molecule has 132 valence electrons. The minimum atomic E-state index is -0.677. The van der Waals surface area contributed by atoms with Crippen LogP contribution in [0, 0.1) is 15.9 Å². The summed E-state index contributed by atoms with van der Waals surface area (Å²) in [5.41, 5.74) is -0.0920. The molecule has 0 saturated heterocycles. The van der Waals surface area contributed by atoms with Crippen molar-refractivity contribution < 1.29 is 9.31 Å². The predicted molar refractivity (Wildman–Crippen MR) is 98.1 cm³/mol. The average Bonchev–Trinajstić information content (AvgIpc) is 2.60. The van der Waals surface area contributed by atoms with Gasteiger partial charge in [0.1, 0.15) is 12.1 Å². The van der Waals surface area contributed by atoms with Gasteiger partial charge in [0.2, 0.25) is 11.6 Å². The van der Waals surface area contributed by atoms with Gasteiger partial charge in [-0.2, -0.15) is 0 Å². The lowest BCUT2D eigenvalue weighted by atomic mass is 10.3. The first kappa shape index (κ1) is 17.8. The number of rotatable bonds is 5. The number of hydrogen-bond donors (Lipinski definition) is 2. The third-order valence-electron chi connectivity index (χ3n) is 3.31. The van der Waals surface area contributed by atoms with E-state index in [-0.39, 0.29) is 17.3 Å². The van der Waals surface area contributed by atoms with Crippen LogP contribution in [0.3, 0.4) is 0 Å². The molecule has 10 heteroatoms. The Morgan fingerprint density at radius 3 is 2.31 bits per heavy atom. The number of benzene rings is 2. The molecule has 0 fully saturated rings. The fraction of sp³-hybridized carbons (Fsp3) is 0. The van der Waals surface area contributed by atoms with Crippen molar-refractivity contribution in [3.8, 4) is 0 Å². The van der Waals surface area contributed by atoms with E-state index in [1.54, 1.807) is 12.1 Å². The van der Waals surface area contributed by atoms with Crippen molar-refractivity contribution in [3.05, 3.63) is 74.8 Å². The van der Waals surface area contributed by atoms with Gasteiger partial charge in [-0.3, -0.25) is 10.1 Å². The number of halogens is 3. The molecule has 0 amide bonds. The lowest BCUT2D eigenvalue weighted by Crippen LogP contribution is -2.06. The monoisotopic (exact) mass is 393 g/mol. The molecule has 0 aliphatic heterocycles. The third kappa shape index (κ3) is 3.81. The summed E-state index contributed by atoms with van der Waals surface area (Å²) >= 11 is 12.0. The number of hydrogen-bond acceptors (Lipinski definition) is 6. The standard InChI is InChI=1S/C16H10Cl2FN5O2/c17-9-5-6-10(18)13(7-9)23-16-14(24(25)26)15(20-8-21-16)22-12-4-2-1-3-11(12)19/h1-8H,(H2,20,21,22,23). The van der Waals surface area contributed by atoms with Crippen molar-refractivity contribution >= 4 is 51.9 Å². The van der Waals surface area contributed by atoms with E-state index in [0.29, 0.717) is 15.7 Å². The van der Waals surface area contributed by atoms with Crippen molar-refractivity contribution in [2.24, 2.45) is 0 Å². The topological polar surface area (TPSA) is 93.0 Å². The number of anilines is 4. The maximum Gasteiger partial charge on any atom is 0.353 e. The van der Waals surface area contributed by atoms with E-state index < -0.39 is 16.4 Å². The Kier molecular flexibility index (Phi) is 5.15. The van der Waals surface area contributed by atoms with Gasteiger partial charge in [-0.1, -0.05) is 35.3 Å². The third-order valence-corrected chi connectivity index (χ3v) is 3.88. The highest BCUT2D eigenvalue weighted by atomic mass is 35.5. The Morgan fingerprint density at radius 2 is 1.65 bits per heavy atom. The summed E-state index contributed by atoms with van der Waals surface area (Å²) in [6.07, 6.45) is 1.11. The second kappa shape index (κ2) is 7.51. The van der Waals surface area contributed by atoms with Crippen molar-refractivity contribution in [1.29, 1.82) is 0 Å². The Balaban J connectivity index is 2.03. The van der Waals surface area contributed by atoms with E-state index >= 15 is 0 Å². The van der Waals surface area contributed by atoms with Crippen molar-refractivity contribution in [1.82, 2.24) is 9.97 Å². The van der Waals surface area contributed by atoms with Crippen LogP contribution in [0.2, 0.25) is 10.0 Å². The summed E-state index contributed by atoms with van der Waals surface area (Å²) in [5.74, 6) is -0.864. The zero-order valence-corrected chi connectivity index (χ0v) is 14.4. The molecule has 1 heterocycles. The molecule has 0 atom stereocenters. The number of para-hydroxylation sites is 1. The summed E-state index contributed by atoms with van der Waals surface area (Å²) in [4.78, 5) is 18.6. The Labute approximate surface area is 157 Å². The van der Waals surface area contributed by atoms with Crippen LogP contribution < -0.4 is 10.6 Å². The molecule has 3 aromatic rings. The second-order valence-electron chi connectivity index (χ2n) is 5.03. The first-order valence-corrected chi connectivity index (χ1v) is 7.94. The van der Waals surface area contributed by atoms with Gasteiger partial charge in [-0.25, -0.2) is 14.4 Å². The van der Waals surface area contributed by atoms with Crippen LogP contribution in [0.1, 0.15) is 0 Å². The van der Waals surface area contributed by atoms with Crippen molar-refractivity contribution in [3.63, 3.8) is 0 Å². The Hall–Kier alpha value is -2.97. The summed E-state index contributed by atoms with van der Waals surface area (Å²) < 4.78 is 13.8. The molecule has 2 N–H and O–H groups in total. The van der Waals surface area contributed by atoms with Gasteiger partial charge in [0.05, 0.1) is 21.3 Å². The van der Waals surface area contributed by atoms with Crippen LogP contribution in [0.5, 0.6) is 0 Å². The van der Waals surface area contributed by atoms with Crippen molar-refractivity contribution in [2.45, 2.75) is 0 Å². The molecular weight excluding hydrogens is 384 g/mol. The van der Waals surface area contributed by atoms with Gasteiger partial charge in [-0.05, 0) is 30.3 Å². The Morgan fingerprint density at radius 1 is 1.00 bits per heavy atom. The van der Waals surface area contributed by atoms with Gasteiger partial charge < -0.3 is 10.6 Å². The molecule has 0 radical (unpaired) electrons. The van der Waals surface area contributed by atoms with Crippen LogP contribution in [0.25, 0.3) is 0 Å². The van der Waals surface area contributed by atoms with E-state index in [1.165, 1.54) is 30.3 Å². The fourth-order valence-electron chi connectivity index (χ4n) is 2.15. The molecule has 0 spiro atoms. The maximum absolute atomic E-state index is 13.8. The minimum Gasteiger partial charge on any atom is -0.333 e. The molecule has 0 aliphatic carbocycles. The molecule has 1 aromatic heterocycles. The summed E-state index contributed by atoms with van der Waals surface area (Å²) in [5, 5.41) is 17.6. The van der Waals surface area contributed by atoms with Crippen LogP contribution >= 0.6 is 23.2 Å². The smallest absolute Gasteiger partial charge is 0.333 e. The Bertz CT molecular complexity index is 987. The average molecular weight is 394 g/mol. The normalized spacial score (nSPS) is 10.4. The van der Waals surface area contributed by atoms with Crippen molar-refractivity contribution in [2.75, 3.05) is 10.6 Å². The lowest BCUT2D eigenvalue weighted by molar-refractivity contribution is -0.383. The summed E-state index contributed by atoms with van der Waals surface area (Å²) in [6, 6.07) is 10.4. The van der Waals surface area contributed by atoms with E-state index in [1.807, 2.05) is 0 Å². The molecule has 0 saturated carbocycles. The zero-order valence-electron chi connectivity index (χ0n) is 12.9. The van der Waals surface area contributed by atoms with Crippen LogP contribution in [0.15, 0.2) is 48.8 Å². The van der Waals surface area contributed by atoms with Crippen LogP contribution in [-0.2, 0) is 0 Å². The molecule has 0 unspecified atom stereocenters. The molecule has 2 aromatic carbocycles. The van der Waals surface area contributed by atoms with E-state index in [2.05, 4.69) is 20.6 Å². The SMILES string of the molecule is O=[N+]([O-])c1c(Nc2ccccc2F)ncnc1Nc1cc(Cl)ccc1Cl. The van der Waals surface area contributed by atoms with Gasteiger partial charge in [0.15, 0.2) is 0 Å². The van der Waals surface area contributed by atoms with E-state index in [9.17, 15) is 14.5 Å². The zero-order chi connectivity index (χ0) is 18.7. The summed E-state index contributed by atoms with van der Waals surface area (Å²) in [6.45, 7) is 0. The highest BCUT2D eigenvalue weighted by molar-refractivity contribution is 6.35. The number of nitrogens with one attached hydrogen (secondary N) is 2. The molecule has 26 heavy (non-hydrogen) atoms. The van der Waals surface area contributed by atoms with Gasteiger partial charge in [-0.15, -0.1) is 0 Å². The molecule has 0 aliphatic rings. The fourth-order valence-corrected chi connectivity index (χ4v) is 2.48. The lowest BCUT2D eigenvalue weighted by Gasteiger charge is -2.11. The van der Waals surface area contributed by atoms with Crippen LogP contribution in [-0.4, -0.2) is 14.9 Å². The quantitative estimate of drug-likeness (QED) is 0.450. The molecular formula is C16H10Cl2FN5O2. The number of aromatic nitrogens is 2. The van der Waals surface area contributed by atoms with Crippen LogP contribution in [0.4, 0.5) is 33.1 Å². The van der Waals surface area contributed by atoms with Gasteiger partial charge in [0, 0.05) is 5.02 Å². The molecule has 7 nitrogen and oxygen atoms in total. The molecule has 0 bridgehead atoms. The highest BCUT2D eigenvalue weighted by Gasteiger charge is 2.24. The highest BCUT2D eigenvalue weighted by Crippen LogP contribution is 2.35. The largest absolute Gasteiger partial charge is 0.353 e. The van der Waals surface area contributed by atoms with Gasteiger partial charge >= 0.3 is 5.69 Å². The van der Waals surface area contributed by atoms with E-state index in [4.69, 9.17) is 23.2 Å². The van der Waals surface area contributed by atoms with E-state index in [0.717, 1.165) is 6.33 Å². The second-order valence-corrected chi connectivity index (χ2v) is 5.87. The predicted octanol–water partition coefficient (Wildman–Crippen LogP) is 5.32.